The molecule has 0 aromatic carbocycles. The van der Waals surface area contributed by atoms with Crippen LogP contribution >= 0.6 is 10.7 Å². The third-order valence-corrected chi connectivity index (χ3v) is 5.23. The van der Waals surface area contributed by atoms with Crippen LogP contribution in [0.1, 0.15) is 32.1 Å². The van der Waals surface area contributed by atoms with E-state index < -0.39 is 14.7 Å². The highest BCUT2D eigenvalue weighted by Crippen LogP contribution is 2.53. The lowest BCUT2D eigenvalue weighted by atomic mass is 9.63. The molecule has 0 amide bonds. The Morgan fingerprint density at radius 2 is 1.80 bits per heavy atom. The van der Waals surface area contributed by atoms with E-state index >= 15 is 0 Å². The zero-order valence-corrected chi connectivity index (χ0v) is 10.1. The van der Waals surface area contributed by atoms with Gasteiger partial charge in [0.15, 0.2) is 0 Å². The summed E-state index contributed by atoms with van der Waals surface area (Å²) in [5.74, 6) is 1.36. The second-order valence-electron chi connectivity index (χ2n) is 5.45. The summed E-state index contributed by atoms with van der Waals surface area (Å²) < 4.78 is 28.3. The van der Waals surface area contributed by atoms with E-state index in [0.717, 1.165) is 25.7 Å². The van der Waals surface area contributed by atoms with Gasteiger partial charge in [0.2, 0.25) is 9.05 Å². The van der Waals surface area contributed by atoms with Crippen molar-refractivity contribution in [1.82, 2.24) is 0 Å². The van der Waals surface area contributed by atoms with Crippen LogP contribution in [0, 0.1) is 11.8 Å². The van der Waals surface area contributed by atoms with Crippen molar-refractivity contribution < 1.29 is 13.2 Å². The van der Waals surface area contributed by atoms with E-state index in [4.69, 9.17) is 15.4 Å². The van der Waals surface area contributed by atoms with Gasteiger partial charge in [-0.15, -0.1) is 0 Å². The predicted octanol–water partition coefficient (Wildman–Crippen LogP) is 1.90. The highest BCUT2D eigenvalue weighted by Gasteiger charge is 2.53. The molecule has 5 heteroatoms. The highest BCUT2D eigenvalue weighted by atomic mass is 35.7. The van der Waals surface area contributed by atoms with Gasteiger partial charge >= 0.3 is 0 Å². The first-order valence-electron chi connectivity index (χ1n) is 5.54. The molecule has 3 nitrogen and oxygen atoms in total. The van der Waals surface area contributed by atoms with Gasteiger partial charge in [-0.25, -0.2) is 8.42 Å². The maximum atomic E-state index is 11.2. The summed E-state index contributed by atoms with van der Waals surface area (Å²) in [4.78, 5) is 0. The lowest BCUT2D eigenvalue weighted by molar-refractivity contribution is -0.208. The molecule has 0 N–H and O–H groups in total. The van der Waals surface area contributed by atoms with Gasteiger partial charge < -0.3 is 4.74 Å². The van der Waals surface area contributed by atoms with Crippen molar-refractivity contribution in [2.24, 2.45) is 11.8 Å². The van der Waals surface area contributed by atoms with Crippen molar-refractivity contribution >= 4 is 19.7 Å². The molecular formula is C10H15ClO3S. The van der Waals surface area contributed by atoms with E-state index in [1.54, 1.807) is 0 Å². The van der Waals surface area contributed by atoms with Crippen LogP contribution in [0.5, 0.6) is 0 Å². The van der Waals surface area contributed by atoms with Crippen LogP contribution in [-0.4, -0.2) is 25.9 Å². The Labute approximate surface area is 94.6 Å². The Bertz CT molecular complexity index is 341. The molecule has 2 heterocycles. The molecule has 4 bridgehead atoms. The van der Waals surface area contributed by atoms with Gasteiger partial charge in [0.25, 0.3) is 0 Å². The smallest absolute Gasteiger partial charge is 0.235 e. The van der Waals surface area contributed by atoms with E-state index in [2.05, 4.69) is 0 Å². The van der Waals surface area contributed by atoms with Crippen molar-refractivity contribution in [3.63, 3.8) is 0 Å². The van der Waals surface area contributed by atoms with Gasteiger partial charge in [0, 0.05) is 10.7 Å². The Kier molecular flexibility index (Phi) is 2.15. The molecular weight excluding hydrogens is 236 g/mol. The molecule has 0 aromatic rings. The third kappa shape index (κ3) is 1.92. The maximum absolute atomic E-state index is 11.2. The van der Waals surface area contributed by atoms with Crippen LogP contribution in [0.4, 0.5) is 0 Å². The van der Waals surface area contributed by atoms with E-state index in [9.17, 15) is 8.42 Å². The molecule has 4 aliphatic rings. The predicted molar refractivity (Wildman–Crippen MR) is 57.3 cm³/mol. The molecule has 2 aliphatic heterocycles. The second kappa shape index (κ2) is 3.11. The molecule has 86 valence electrons. The van der Waals surface area contributed by atoms with Crippen LogP contribution in [-0.2, 0) is 13.8 Å². The van der Waals surface area contributed by atoms with E-state index in [1.165, 1.54) is 6.42 Å². The average molecular weight is 251 g/mol. The molecule has 0 aromatic heterocycles. The fourth-order valence-electron chi connectivity index (χ4n) is 3.98. The van der Waals surface area contributed by atoms with Gasteiger partial charge in [-0.2, -0.15) is 0 Å². The quantitative estimate of drug-likeness (QED) is 0.703. The number of hydrogen-bond donors (Lipinski definition) is 0. The minimum atomic E-state index is -3.44. The van der Waals surface area contributed by atoms with Crippen LogP contribution in [0.15, 0.2) is 0 Å². The van der Waals surface area contributed by atoms with E-state index in [0.29, 0.717) is 17.9 Å². The molecule has 4 fully saturated rings. The van der Waals surface area contributed by atoms with E-state index in [-0.39, 0.29) is 5.75 Å². The molecule has 2 atom stereocenters. The SMILES string of the molecule is O=S(=O)(Cl)CC12CC3CC(CC(C3)O1)C2. The number of rotatable bonds is 2. The number of hydrogen-bond acceptors (Lipinski definition) is 3. The Morgan fingerprint density at radius 3 is 2.27 bits per heavy atom. The van der Waals surface area contributed by atoms with Gasteiger partial charge in [-0.1, -0.05) is 0 Å². The van der Waals surface area contributed by atoms with E-state index in [1.807, 2.05) is 0 Å². The largest absolute Gasteiger partial charge is 0.371 e. The molecule has 2 saturated heterocycles. The normalized spacial score (nSPS) is 48.5. The van der Waals surface area contributed by atoms with Crippen LogP contribution in [0.2, 0.25) is 0 Å². The molecule has 0 radical (unpaired) electrons. The summed E-state index contributed by atoms with van der Waals surface area (Å²) >= 11 is 0. The van der Waals surface area contributed by atoms with Crippen molar-refractivity contribution in [1.29, 1.82) is 0 Å². The molecule has 4 rings (SSSR count). The van der Waals surface area contributed by atoms with Crippen LogP contribution in [0.3, 0.4) is 0 Å². The van der Waals surface area contributed by atoms with Crippen molar-refractivity contribution in [2.45, 2.75) is 43.8 Å². The summed E-state index contributed by atoms with van der Waals surface area (Å²) in [5.41, 5.74) is -0.435. The van der Waals surface area contributed by atoms with Crippen molar-refractivity contribution in [3.05, 3.63) is 0 Å². The van der Waals surface area contributed by atoms with Crippen molar-refractivity contribution in [2.75, 3.05) is 5.75 Å². The monoisotopic (exact) mass is 250 g/mol. The molecule has 2 unspecified atom stereocenters. The van der Waals surface area contributed by atoms with Crippen molar-refractivity contribution in [3.8, 4) is 0 Å². The zero-order chi connectivity index (χ0) is 10.7. The Hall–Kier alpha value is 0.200. The van der Waals surface area contributed by atoms with Gasteiger partial charge in [-0.05, 0) is 43.9 Å². The summed E-state index contributed by atoms with van der Waals surface area (Å²) in [6.07, 6.45) is 5.61. The van der Waals surface area contributed by atoms with Crippen LogP contribution < -0.4 is 0 Å². The lowest BCUT2D eigenvalue weighted by Gasteiger charge is -2.56. The molecule has 2 saturated carbocycles. The number of halogens is 1. The lowest BCUT2D eigenvalue weighted by Crippen LogP contribution is -2.57. The van der Waals surface area contributed by atoms with Gasteiger partial charge in [-0.3, -0.25) is 0 Å². The minimum Gasteiger partial charge on any atom is -0.371 e. The topological polar surface area (TPSA) is 43.4 Å². The molecule has 15 heavy (non-hydrogen) atoms. The second-order valence-corrected chi connectivity index (χ2v) is 8.23. The fraction of sp³-hybridized carbons (Fsp3) is 1.00. The first-order valence-corrected chi connectivity index (χ1v) is 8.02. The molecule has 2 aliphatic carbocycles. The highest BCUT2D eigenvalue weighted by molar-refractivity contribution is 8.13. The fourth-order valence-corrected chi connectivity index (χ4v) is 5.51. The Morgan fingerprint density at radius 1 is 1.20 bits per heavy atom. The summed E-state index contributed by atoms with van der Waals surface area (Å²) in [6.45, 7) is 0. The third-order valence-electron chi connectivity index (χ3n) is 4.03. The zero-order valence-electron chi connectivity index (χ0n) is 8.49. The first-order chi connectivity index (χ1) is 6.94. The summed E-state index contributed by atoms with van der Waals surface area (Å²) in [7, 11) is 1.92. The summed E-state index contributed by atoms with van der Waals surface area (Å²) in [6, 6.07) is 0. The maximum Gasteiger partial charge on any atom is 0.235 e. The summed E-state index contributed by atoms with van der Waals surface area (Å²) in [5, 5.41) is 0. The first kappa shape index (κ1) is 10.4. The average Bonchev–Trinajstić information content (AvgIpc) is 1.94. The van der Waals surface area contributed by atoms with Crippen LogP contribution in [0.25, 0.3) is 0 Å². The molecule has 0 spiro atoms. The minimum absolute atomic E-state index is 0.00502. The van der Waals surface area contributed by atoms with Gasteiger partial charge in [0.05, 0.1) is 17.5 Å². The number of ether oxygens (including phenoxy) is 1. The van der Waals surface area contributed by atoms with Gasteiger partial charge in [0.1, 0.15) is 0 Å². The standard InChI is InChI=1S/C10H15ClO3S/c11-15(12,13)6-10-4-7-1-8(5-10)3-9(2-7)14-10/h7-9H,1-6H2. The Balaban J connectivity index is 1.87.